The van der Waals surface area contributed by atoms with Crippen molar-refractivity contribution in [1.82, 2.24) is 9.55 Å². The molecule has 1 aliphatic carbocycles. The summed E-state index contributed by atoms with van der Waals surface area (Å²) in [5, 5.41) is 0. The quantitative estimate of drug-likeness (QED) is 0.755. The van der Waals surface area contributed by atoms with Gasteiger partial charge >= 0.3 is 5.97 Å². The summed E-state index contributed by atoms with van der Waals surface area (Å²) in [6.07, 6.45) is 6.07. The number of aromatic nitrogens is 2. The van der Waals surface area contributed by atoms with Crippen LogP contribution in [0.4, 0.5) is 0 Å². The van der Waals surface area contributed by atoms with Gasteiger partial charge in [0.2, 0.25) is 5.82 Å². The van der Waals surface area contributed by atoms with Gasteiger partial charge in [-0.15, -0.1) is 0 Å². The maximum absolute atomic E-state index is 11.7. The molecule has 1 fully saturated rings. The van der Waals surface area contributed by atoms with E-state index in [0.717, 1.165) is 18.4 Å². The van der Waals surface area contributed by atoms with Crippen LogP contribution in [0.2, 0.25) is 0 Å². The Morgan fingerprint density at radius 2 is 2.28 bits per heavy atom. The molecule has 1 heterocycles. The largest absolute Gasteiger partial charge is 0.460 e. The van der Waals surface area contributed by atoms with Crippen molar-refractivity contribution < 1.29 is 9.53 Å². The molecule has 1 aromatic heterocycles. The second-order valence-electron chi connectivity index (χ2n) is 5.47. The molecule has 0 spiro atoms. The van der Waals surface area contributed by atoms with E-state index in [1.165, 1.54) is 12.8 Å². The summed E-state index contributed by atoms with van der Waals surface area (Å²) < 4.78 is 6.93. The summed E-state index contributed by atoms with van der Waals surface area (Å²) in [4.78, 5) is 15.8. The minimum atomic E-state index is -0.317. The van der Waals surface area contributed by atoms with Gasteiger partial charge in [-0.05, 0) is 37.5 Å². The lowest BCUT2D eigenvalue weighted by Gasteiger charge is -2.38. The zero-order valence-corrected chi connectivity index (χ0v) is 11.4. The monoisotopic (exact) mass is 250 g/mol. The van der Waals surface area contributed by atoms with Gasteiger partial charge in [0, 0.05) is 18.9 Å². The molecule has 0 amide bonds. The van der Waals surface area contributed by atoms with E-state index < -0.39 is 0 Å². The Balaban J connectivity index is 1.91. The highest BCUT2D eigenvalue weighted by atomic mass is 16.5. The lowest BCUT2D eigenvalue weighted by Crippen LogP contribution is -2.31. The van der Waals surface area contributed by atoms with E-state index in [-0.39, 0.29) is 5.97 Å². The Bertz CT molecular complexity index is 406. The molecule has 0 bridgehead atoms. The second-order valence-corrected chi connectivity index (χ2v) is 5.47. The topological polar surface area (TPSA) is 44.1 Å². The standard InChI is InChI=1S/C14H22N2O2/c1-4-18-14(17)13-15-5-6-16(13)9-11-7-12(8-11)10(2)3/h5-6,10-12H,4,7-9H2,1-3H3. The predicted molar refractivity (Wildman–Crippen MR) is 69.2 cm³/mol. The molecule has 4 heteroatoms. The molecule has 0 aromatic carbocycles. The average molecular weight is 250 g/mol. The predicted octanol–water partition coefficient (Wildman–Crippen LogP) is 2.74. The number of nitrogens with zero attached hydrogens (tertiary/aromatic N) is 2. The third kappa shape index (κ3) is 2.74. The Kier molecular flexibility index (Phi) is 4.04. The van der Waals surface area contributed by atoms with Crippen molar-refractivity contribution in [2.24, 2.45) is 17.8 Å². The highest BCUT2D eigenvalue weighted by Crippen LogP contribution is 2.39. The second kappa shape index (κ2) is 5.55. The van der Waals surface area contributed by atoms with Gasteiger partial charge in [-0.3, -0.25) is 0 Å². The minimum Gasteiger partial charge on any atom is -0.460 e. The fraction of sp³-hybridized carbons (Fsp3) is 0.714. The summed E-state index contributed by atoms with van der Waals surface area (Å²) in [6, 6.07) is 0. The summed E-state index contributed by atoms with van der Waals surface area (Å²) in [6.45, 7) is 7.65. The summed E-state index contributed by atoms with van der Waals surface area (Å²) in [5.41, 5.74) is 0. The average Bonchev–Trinajstić information content (AvgIpc) is 2.70. The molecule has 0 unspecified atom stereocenters. The number of hydrogen-bond donors (Lipinski definition) is 0. The van der Waals surface area contributed by atoms with Gasteiger partial charge in [0.05, 0.1) is 6.61 Å². The van der Waals surface area contributed by atoms with Gasteiger partial charge < -0.3 is 9.30 Å². The highest BCUT2D eigenvalue weighted by Gasteiger charge is 2.31. The van der Waals surface area contributed by atoms with Gasteiger partial charge in [0.1, 0.15) is 0 Å². The fourth-order valence-corrected chi connectivity index (χ4v) is 2.60. The molecule has 1 aliphatic rings. The first-order valence-electron chi connectivity index (χ1n) is 6.80. The molecule has 18 heavy (non-hydrogen) atoms. The molecule has 0 radical (unpaired) electrons. The van der Waals surface area contributed by atoms with E-state index >= 15 is 0 Å². The molecular formula is C14H22N2O2. The first-order chi connectivity index (χ1) is 8.61. The lowest BCUT2D eigenvalue weighted by molar-refractivity contribution is 0.0499. The van der Waals surface area contributed by atoms with Crippen molar-refractivity contribution in [2.45, 2.75) is 40.2 Å². The Morgan fingerprint density at radius 1 is 1.56 bits per heavy atom. The van der Waals surface area contributed by atoms with E-state index in [1.54, 1.807) is 6.20 Å². The van der Waals surface area contributed by atoms with Crippen molar-refractivity contribution in [3.63, 3.8) is 0 Å². The van der Waals surface area contributed by atoms with Crippen molar-refractivity contribution >= 4 is 5.97 Å². The van der Waals surface area contributed by atoms with Crippen LogP contribution >= 0.6 is 0 Å². The maximum Gasteiger partial charge on any atom is 0.374 e. The summed E-state index contributed by atoms with van der Waals surface area (Å²) in [5.74, 6) is 2.42. The molecule has 0 aliphatic heterocycles. The molecular weight excluding hydrogens is 228 g/mol. The van der Waals surface area contributed by atoms with Crippen LogP contribution < -0.4 is 0 Å². The Labute approximate surface area is 108 Å². The zero-order chi connectivity index (χ0) is 13.1. The number of esters is 1. The first-order valence-corrected chi connectivity index (χ1v) is 6.80. The Hall–Kier alpha value is -1.32. The lowest BCUT2D eigenvalue weighted by atomic mass is 9.69. The SMILES string of the molecule is CCOC(=O)c1nccn1CC1CC(C(C)C)C1. The van der Waals surface area contributed by atoms with E-state index in [2.05, 4.69) is 18.8 Å². The van der Waals surface area contributed by atoms with Crippen molar-refractivity contribution in [2.75, 3.05) is 6.61 Å². The van der Waals surface area contributed by atoms with Crippen LogP contribution in [-0.2, 0) is 11.3 Å². The van der Waals surface area contributed by atoms with E-state index in [4.69, 9.17) is 4.74 Å². The first kappa shape index (κ1) is 13.1. The minimum absolute atomic E-state index is 0.317. The summed E-state index contributed by atoms with van der Waals surface area (Å²) in [7, 11) is 0. The van der Waals surface area contributed by atoms with E-state index in [1.807, 2.05) is 17.7 Å². The number of carbonyl (C=O) groups is 1. The highest BCUT2D eigenvalue weighted by molar-refractivity contribution is 5.85. The fourth-order valence-electron chi connectivity index (χ4n) is 2.60. The molecule has 1 saturated carbocycles. The van der Waals surface area contributed by atoms with E-state index in [0.29, 0.717) is 18.3 Å². The number of hydrogen-bond acceptors (Lipinski definition) is 3. The van der Waals surface area contributed by atoms with Crippen LogP contribution in [0.3, 0.4) is 0 Å². The molecule has 0 atom stereocenters. The van der Waals surface area contributed by atoms with Gasteiger partial charge in [0.15, 0.2) is 0 Å². The van der Waals surface area contributed by atoms with Crippen LogP contribution in [0.5, 0.6) is 0 Å². The van der Waals surface area contributed by atoms with E-state index in [9.17, 15) is 4.79 Å². The van der Waals surface area contributed by atoms with Gasteiger partial charge in [-0.2, -0.15) is 0 Å². The molecule has 0 saturated heterocycles. The maximum atomic E-state index is 11.7. The third-order valence-corrected chi connectivity index (χ3v) is 3.84. The van der Waals surface area contributed by atoms with Crippen LogP contribution in [-0.4, -0.2) is 22.1 Å². The molecule has 2 rings (SSSR count). The van der Waals surface area contributed by atoms with Gasteiger partial charge in [0.25, 0.3) is 0 Å². The Morgan fingerprint density at radius 3 is 2.89 bits per heavy atom. The van der Waals surface area contributed by atoms with Crippen LogP contribution in [0, 0.1) is 17.8 Å². The van der Waals surface area contributed by atoms with Crippen LogP contribution in [0.25, 0.3) is 0 Å². The molecule has 1 aromatic rings. The smallest absolute Gasteiger partial charge is 0.374 e. The van der Waals surface area contributed by atoms with Crippen molar-refractivity contribution in [3.8, 4) is 0 Å². The van der Waals surface area contributed by atoms with Gasteiger partial charge in [-0.25, -0.2) is 9.78 Å². The molecule has 100 valence electrons. The summed E-state index contributed by atoms with van der Waals surface area (Å²) >= 11 is 0. The zero-order valence-electron chi connectivity index (χ0n) is 11.4. The number of imidazole rings is 1. The number of rotatable bonds is 5. The molecule has 4 nitrogen and oxygen atoms in total. The van der Waals surface area contributed by atoms with Crippen LogP contribution in [0.1, 0.15) is 44.2 Å². The third-order valence-electron chi connectivity index (χ3n) is 3.84. The number of ether oxygens (including phenoxy) is 1. The molecule has 0 N–H and O–H groups in total. The van der Waals surface area contributed by atoms with Crippen molar-refractivity contribution in [3.05, 3.63) is 18.2 Å². The van der Waals surface area contributed by atoms with Gasteiger partial charge in [-0.1, -0.05) is 13.8 Å². The van der Waals surface area contributed by atoms with Crippen molar-refractivity contribution in [1.29, 1.82) is 0 Å². The van der Waals surface area contributed by atoms with Crippen LogP contribution in [0.15, 0.2) is 12.4 Å². The normalized spacial score (nSPS) is 22.9. The number of carbonyl (C=O) groups excluding carboxylic acids is 1.